The van der Waals surface area contributed by atoms with Crippen LogP contribution in [0.5, 0.6) is 0 Å². The van der Waals surface area contributed by atoms with Crippen molar-refractivity contribution in [2.45, 2.75) is 26.1 Å². The molecule has 1 atom stereocenters. The Balaban J connectivity index is 1.49. The van der Waals surface area contributed by atoms with E-state index in [9.17, 15) is 0 Å². The highest BCUT2D eigenvalue weighted by Gasteiger charge is 2.20. The van der Waals surface area contributed by atoms with Crippen molar-refractivity contribution in [3.63, 3.8) is 0 Å². The van der Waals surface area contributed by atoms with Crippen molar-refractivity contribution in [1.29, 1.82) is 0 Å². The van der Waals surface area contributed by atoms with Crippen molar-refractivity contribution in [3.05, 3.63) is 102 Å². The first-order valence-electron chi connectivity index (χ1n) is 10.7. The zero-order valence-electron chi connectivity index (χ0n) is 18.2. The number of nitrogens with zero attached hydrogens (tertiary/aromatic N) is 5. The quantitative estimate of drug-likeness (QED) is 0.354. The molecule has 160 valence electrons. The number of aromatic nitrogens is 4. The molecule has 0 fully saturated rings. The van der Waals surface area contributed by atoms with Gasteiger partial charge in [0, 0.05) is 35.9 Å². The summed E-state index contributed by atoms with van der Waals surface area (Å²) in [7, 11) is 2.10. The Kier molecular flexibility index (Phi) is 5.52. The first kappa shape index (κ1) is 20.2. The molecule has 0 aliphatic rings. The van der Waals surface area contributed by atoms with Crippen LogP contribution in [0.25, 0.3) is 22.4 Å². The maximum atomic E-state index is 6.17. The Morgan fingerprint density at radius 1 is 1.03 bits per heavy atom. The van der Waals surface area contributed by atoms with E-state index in [1.54, 1.807) is 12.5 Å². The molecule has 3 heterocycles. The smallest absolute Gasteiger partial charge is 0.156 e. The van der Waals surface area contributed by atoms with Gasteiger partial charge in [-0.15, -0.1) is 0 Å². The molecule has 0 aliphatic heterocycles. The maximum absolute atomic E-state index is 6.17. The van der Waals surface area contributed by atoms with Crippen molar-refractivity contribution < 1.29 is 4.42 Å². The summed E-state index contributed by atoms with van der Waals surface area (Å²) in [6.07, 6.45) is 5.50. The van der Waals surface area contributed by atoms with E-state index in [2.05, 4.69) is 71.4 Å². The maximum Gasteiger partial charge on any atom is 0.156 e. The fourth-order valence-electron chi connectivity index (χ4n) is 3.92. The van der Waals surface area contributed by atoms with Gasteiger partial charge >= 0.3 is 0 Å². The van der Waals surface area contributed by atoms with E-state index in [1.807, 2.05) is 35.0 Å². The van der Waals surface area contributed by atoms with Crippen LogP contribution in [0.4, 0.5) is 0 Å². The van der Waals surface area contributed by atoms with Crippen molar-refractivity contribution >= 4 is 11.0 Å². The summed E-state index contributed by atoms with van der Waals surface area (Å²) in [5, 5.41) is 6.00. The van der Waals surface area contributed by atoms with Crippen LogP contribution in [0.1, 0.15) is 29.8 Å². The lowest BCUT2D eigenvalue weighted by Crippen LogP contribution is -2.22. The Hall–Kier alpha value is -3.77. The van der Waals surface area contributed by atoms with Gasteiger partial charge in [0.2, 0.25) is 0 Å². The minimum Gasteiger partial charge on any atom is -0.454 e. The molecule has 0 saturated heterocycles. The van der Waals surface area contributed by atoms with Crippen LogP contribution in [-0.2, 0) is 13.1 Å². The molecule has 0 aliphatic carbocycles. The number of fused-ring (bicyclic) bond motifs is 1. The SMILES string of the molecule is C[C@@H](c1ccncn1)N(C)Cc1cn(Cc2ccccc2)nc1-c1cc2ccccc2o1. The topological polar surface area (TPSA) is 60.0 Å². The molecule has 0 saturated carbocycles. The number of hydrogen-bond donors (Lipinski definition) is 0. The van der Waals surface area contributed by atoms with Crippen molar-refractivity contribution in [1.82, 2.24) is 24.6 Å². The zero-order chi connectivity index (χ0) is 21.9. The standard InChI is InChI=1S/C26H25N5O/c1-19(23-12-13-27-18-28-23)30(2)16-22-17-31(15-20-8-4-3-5-9-20)29-26(22)25-14-21-10-6-7-11-24(21)32-25/h3-14,17-19H,15-16H2,1-2H3/t19-/m0/s1. The number of furan rings is 1. The molecule has 3 aromatic heterocycles. The van der Waals surface area contributed by atoms with Crippen LogP contribution in [-0.4, -0.2) is 31.7 Å². The van der Waals surface area contributed by atoms with Crippen LogP contribution < -0.4 is 0 Å². The molecule has 32 heavy (non-hydrogen) atoms. The summed E-state index contributed by atoms with van der Waals surface area (Å²) in [5.74, 6) is 0.788. The number of rotatable bonds is 7. The van der Waals surface area contributed by atoms with Gasteiger partial charge in [0.1, 0.15) is 17.6 Å². The molecule has 2 aromatic carbocycles. The minimum absolute atomic E-state index is 0.138. The fraction of sp³-hybridized carbons (Fsp3) is 0.192. The third kappa shape index (κ3) is 4.18. The molecule has 5 aromatic rings. The molecule has 0 bridgehead atoms. The molecule has 0 spiro atoms. The molecule has 0 amide bonds. The molecule has 0 radical (unpaired) electrons. The summed E-state index contributed by atoms with van der Waals surface area (Å²) in [6.45, 7) is 3.57. The Bertz CT molecular complexity index is 1280. The second kappa shape index (κ2) is 8.77. The lowest BCUT2D eigenvalue weighted by atomic mass is 10.1. The Morgan fingerprint density at radius 3 is 2.62 bits per heavy atom. The summed E-state index contributed by atoms with van der Waals surface area (Å²) < 4.78 is 8.17. The highest BCUT2D eigenvalue weighted by atomic mass is 16.3. The van der Waals surface area contributed by atoms with Gasteiger partial charge in [0.15, 0.2) is 5.76 Å². The normalized spacial score (nSPS) is 12.5. The van der Waals surface area contributed by atoms with E-state index in [0.29, 0.717) is 13.1 Å². The largest absolute Gasteiger partial charge is 0.454 e. The van der Waals surface area contributed by atoms with Crippen molar-refractivity contribution in [2.75, 3.05) is 7.05 Å². The van der Waals surface area contributed by atoms with Crippen molar-refractivity contribution in [3.8, 4) is 11.5 Å². The van der Waals surface area contributed by atoms with E-state index in [4.69, 9.17) is 9.52 Å². The molecular weight excluding hydrogens is 398 g/mol. The summed E-state index contributed by atoms with van der Waals surface area (Å²) in [6, 6.07) is 22.6. The fourth-order valence-corrected chi connectivity index (χ4v) is 3.92. The zero-order valence-corrected chi connectivity index (χ0v) is 18.2. The molecular formula is C26H25N5O. The summed E-state index contributed by atoms with van der Waals surface area (Å²) in [5.41, 5.74) is 5.06. The molecule has 6 heteroatoms. The van der Waals surface area contributed by atoms with E-state index in [1.165, 1.54) is 5.56 Å². The average molecular weight is 424 g/mol. The minimum atomic E-state index is 0.138. The predicted octanol–water partition coefficient (Wildman–Crippen LogP) is 5.33. The molecule has 5 rings (SSSR count). The van der Waals surface area contributed by atoms with Gasteiger partial charge in [-0.3, -0.25) is 9.58 Å². The number of hydrogen-bond acceptors (Lipinski definition) is 5. The second-order valence-corrected chi connectivity index (χ2v) is 8.06. The van der Waals surface area contributed by atoms with E-state index >= 15 is 0 Å². The van der Waals surface area contributed by atoms with Gasteiger partial charge in [-0.2, -0.15) is 5.10 Å². The number of para-hydroxylation sites is 1. The van der Waals surface area contributed by atoms with Gasteiger partial charge in [-0.1, -0.05) is 48.5 Å². The van der Waals surface area contributed by atoms with Crippen molar-refractivity contribution in [2.24, 2.45) is 0 Å². The average Bonchev–Trinajstić information content (AvgIpc) is 3.43. The van der Waals surface area contributed by atoms with Gasteiger partial charge in [-0.05, 0) is 37.7 Å². The van der Waals surface area contributed by atoms with Gasteiger partial charge in [0.25, 0.3) is 0 Å². The summed E-state index contributed by atoms with van der Waals surface area (Å²) >= 11 is 0. The Labute approximate surface area is 187 Å². The van der Waals surface area contributed by atoms with Crippen LogP contribution in [0, 0.1) is 0 Å². The van der Waals surface area contributed by atoms with E-state index in [0.717, 1.165) is 33.7 Å². The van der Waals surface area contributed by atoms with Crippen LogP contribution >= 0.6 is 0 Å². The van der Waals surface area contributed by atoms with E-state index in [-0.39, 0.29) is 6.04 Å². The molecule has 0 unspecified atom stereocenters. The van der Waals surface area contributed by atoms with Crippen LogP contribution in [0.3, 0.4) is 0 Å². The monoisotopic (exact) mass is 423 g/mol. The first-order chi connectivity index (χ1) is 15.7. The highest BCUT2D eigenvalue weighted by molar-refractivity contribution is 5.82. The summed E-state index contributed by atoms with van der Waals surface area (Å²) in [4.78, 5) is 10.7. The van der Waals surface area contributed by atoms with Crippen LogP contribution in [0.2, 0.25) is 0 Å². The Morgan fingerprint density at radius 2 is 1.84 bits per heavy atom. The lowest BCUT2D eigenvalue weighted by molar-refractivity contribution is 0.248. The number of benzene rings is 2. The van der Waals surface area contributed by atoms with Crippen LogP contribution in [0.15, 0.2) is 89.9 Å². The van der Waals surface area contributed by atoms with Gasteiger partial charge in [-0.25, -0.2) is 9.97 Å². The highest BCUT2D eigenvalue weighted by Crippen LogP contribution is 2.31. The predicted molar refractivity (Wildman–Crippen MR) is 125 cm³/mol. The van der Waals surface area contributed by atoms with Gasteiger partial charge < -0.3 is 4.42 Å². The first-order valence-corrected chi connectivity index (χ1v) is 10.7. The third-order valence-corrected chi connectivity index (χ3v) is 5.80. The third-order valence-electron chi connectivity index (χ3n) is 5.80. The van der Waals surface area contributed by atoms with E-state index < -0.39 is 0 Å². The lowest BCUT2D eigenvalue weighted by Gasteiger charge is -2.23. The van der Waals surface area contributed by atoms with Gasteiger partial charge in [0.05, 0.1) is 12.2 Å². The molecule has 0 N–H and O–H groups in total. The second-order valence-electron chi connectivity index (χ2n) is 8.06. The molecule has 6 nitrogen and oxygen atoms in total.